The maximum atomic E-state index is 12.9. The summed E-state index contributed by atoms with van der Waals surface area (Å²) in [6.45, 7) is 4.63. The highest BCUT2D eigenvalue weighted by Gasteiger charge is 2.69. The van der Waals surface area contributed by atoms with Crippen LogP contribution in [0.1, 0.15) is 71.6 Å². The summed E-state index contributed by atoms with van der Waals surface area (Å²) >= 11 is 0. The molecule has 4 aliphatic carbocycles. The average Bonchev–Trinajstić information content (AvgIpc) is 3.22. The van der Waals surface area contributed by atoms with Gasteiger partial charge in [0.25, 0.3) is 0 Å². The maximum absolute atomic E-state index is 12.9. The summed E-state index contributed by atoms with van der Waals surface area (Å²) in [6.07, 6.45) is 9.25. The molecule has 0 N–H and O–H groups in total. The summed E-state index contributed by atoms with van der Waals surface area (Å²) in [5.41, 5.74) is 0.732. The molecule has 0 aromatic carbocycles. The fourth-order valence-electron chi connectivity index (χ4n) is 8.25. The second kappa shape index (κ2) is 6.18. The van der Waals surface area contributed by atoms with Crippen molar-refractivity contribution >= 4 is 17.7 Å². The lowest BCUT2D eigenvalue weighted by Gasteiger charge is -2.60. The first-order valence-corrected chi connectivity index (χ1v) is 11.3. The van der Waals surface area contributed by atoms with E-state index in [-0.39, 0.29) is 46.0 Å². The third-order valence-corrected chi connectivity index (χ3v) is 9.85. The zero-order valence-electron chi connectivity index (χ0n) is 17.8. The highest BCUT2D eigenvalue weighted by molar-refractivity contribution is 5.92. The molecule has 158 valence electrons. The zero-order chi connectivity index (χ0) is 20.6. The molecule has 29 heavy (non-hydrogen) atoms. The fraction of sp³-hybridized carbons (Fsp3) is 0.792. The molecule has 0 amide bonds. The highest BCUT2D eigenvalue weighted by atomic mass is 16.6. The van der Waals surface area contributed by atoms with E-state index in [9.17, 15) is 14.4 Å². The van der Waals surface area contributed by atoms with Gasteiger partial charge in [0.05, 0.1) is 13.0 Å². The molecule has 3 saturated carbocycles. The maximum Gasteiger partial charge on any atom is 0.309 e. The first-order chi connectivity index (χ1) is 13.7. The Bertz CT molecular complexity index is 814. The number of carbonyl (C=O) groups is 3. The second-order valence-electron chi connectivity index (χ2n) is 10.6. The molecule has 0 bridgehead atoms. The van der Waals surface area contributed by atoms with Crippen molar-refractivity contribution < 1.29 is 23.9 Å². The van der Waals surface area contributed by atoms with E-state index in [1.54, 1.807) is 0 Å². The number of ketones is 1. The molecule has 1 spiro atoms. The Hall–Kier alpha value is -1.65. The van der Waals surface area contributed by atoms with Gasteiger partial charge in [0.15, 0.2) is 5.78 Å². The number of esters is 2. The number of hydrogen-bond acceptors (Lipinski definition) is 5. The van der Waals surface area contributed by atoms with Crippen molar-refractivity contribution in [2.24, 2.45) is 34.5 Å². The summed E-state index contributed by atoms with van der Waals surface area (Å²) in [6, 6.07) is 0. The van der Waals surface area contributed by atoms with Gasteiger partial charge in [0.1, 0.15) is 5.60 Å². The Balaban J connectivity index is 1.58. The number of methoxy groups -OCH3 is 1. The summed E-state index contributed by atoms with van der Waals surface area (Å²) < 4.78 is 11.3. The highest BCUT2D eigenvalue weighted by Crippen LogP contribution is 2.70. The quantitative estimate of drug-likeness (QED) is 0.623. The Labute approximate surface area is 172 Å². The Morgan fingerprint density at radius 3 is 2.52 bits per heavy atom. The van der Waals surface area contributed by atoms with Crippen molar-refractivity contribution in [2.75, 3.05) is 7.11 Å². The minimum atomic E-state index is -0.347. The van der Waals surface area contributed by atoms with E-state index in [1.165, 1.54) is 7.11 Å². The zero-order valence-corrected chi connectivity index (χ0v) is 17.8. The van der Waals surface area contributed by atoms with Crippen molar-refractivity contribution in [2.45, 2.75) is 77.2 Å². The molecule has 5 rings (SSSR count). The van der Waals surface area contributed by atoms with E-state index < -0.39 is 0 Å². The number of fused-ring (bicyclic) bond motifs is 6. The minimum Gasteiger partial charge on any atom is -0.469 e. The lowest BCUT2D eigenvalue weighted by molar-refractivity contribution is -0.177. The van der Waals surface area contributed by atoms with Gasteiger partial charge in [-0.2, -0.15) is 0 Å². The van der Waals surface area contributed by atoms with E-state index in [0.29, 0.717) is 31.1 Å². The predicted molar refractivity (Wildman–Crippen MR) is 106 cm³/mol. The van der Waals surface area contributed by atoms with E-state index in [2.05, 4.69) is 13.8 Å². The number of hydrogen-bond donors (Lipinski definition) is 0. The first kappa shape index (κ1) is 19.3. The van der Waals surface area contributed by atoms with Crippen LogP contribution in [-0.2, 0) is 23.9 Å². The molecule has 1 aliphatic heterocycles. The van der Waals surface area contributed by atoms with Gasteiger partial charge < -0.3 is 9.47 Å². The van der Waals surface area contributed by atoms with E-state index in [4.69, 9.17) is 9.47 Å². The fourth-order valence-corrected chi connectivity index (χ4v) is 8.25. The van der Waals surface area contributed by atoms with Crippen LogP contribution >= 0.6 is 0 Å². The molecule has 5 nitrogen and oxygen atoms in total. The average molecular weight is 401 g/mol. The monoisotopic (exact) mass is 400 g/mol. The summed E-state index contributed by atoms with van der Waals surface area (Å²) in [5.74, 6) is 0.747. The topological polar surface area (TPSA) is 69.7 Å². The van der Waals surface area contributed by atoms with Crippen molar-refractivity contribution in [3.8, 4) is 0 Å². The summed E-state index contributed by atoms with van der Waals surface area (Å²) in [4.78, 5) is 37.1. The van der Waals surface area contributed by atoms with Crippen LogP contribution in [0.5, 0.6) is 0 Å². The lowest BCUT2D eigenvalue weighted by Crippen LogP contribution is -2.58. The molecule has 7 atom stereocenters. The van der Waals surface area contributed by atoms with Gasteiger partial charge in [-0.25, -0.2) is 0 Å². The first-order valence-electron chi connectivity index (χ1n) is 11.3. The van der Waals surface area contributed by atoms with Crippen LogP contribution in [0.3, 0.4) is 0 Å². The predicted octanol–water partition coefficient (Wildman–Crippen LogP) is 3.99. The molecule has 5 heteroatoms. The summed E-state index contributed by atoms with van der Waals surface area (Å²) in [7, 11) is 1.47. The molecule has 5 aliphatic rings. The molecular formula is C24H32O5. The van der Waals surface area contributed by atoms with Crippen LogP contribution in [-0.4, -0.2) is 30.4 Å². The van der Waals surface area contributed by atoms with Gasteiger partial charge in [-0.1, -0.05) is 19.4 Å². The molecular weight excluding hydrogens is 368 g/mol. The SMILES string of the molecule is COC(=O)[C@@H]1CC2=CC(=O)CCC2(C)[C@H]2CCC3(C)C(CCC34CCC(=O)O4)C12. The molecule has 1 saturated heterocycles. The van der Waals surface area contributed by atoms with E-state index >= 15 is 0 Å². The van der Waals surface area contributed by atoms with Crippen molar-refractivity contribution in [3.05, 3.63) is 11.6 Å². The van der Waals surface area contributed by atoms with Gasteiger partial charge in [-0.15, -0.1) is 0 Å². The van der Waals surface area contributed by atoms with Crippen LogP contribution in [0, 0.1) is 34.5 Å². The number of allylic oxidation sites excluding steroid dienone is 1. The Morgan fingerprint density at radius 1 is 1.07 bits per heavy atom. The summed E-state index contributed by atoms with van der Waals surface area (Å²) in [5, 5.41) is 0. The number of ether oxygens (including phenoxy) is 2. The Kier molecular flexibility index (Phi) is 4.12. The van der Waals surface area contributed by atoms with Crippen LogP contribution in [0.4, 0.5) is 0 Å². The Morgan fingerprint density at radius 2 is 1.83 bits per heavy atom. The van der Waals surface area contributed by atoms with Gasteiger partial charge in [0.2, 0.25) is 0 Å². The van der Waals surface area contributed by atoms with Gasteiger partial charge in [-0.3, -0.25) is 14.4 Å². The van der Waals surface area contributed by atoms with Crippen LogP contribution in [0.25, 0.3) is 0 Å². The largest absolute Gasteiger partial charge is 0.469 e. The van der Waals surface area contributed by atoms with Crippen molar-refractivity contribution in [1.82, 2.24) is 0 Å². The smallest absolute Gasteiger partial charge is 0.309 e. The van der Waals surface area contributed by atoms with E-state index in [0.717, 1.165) is 44.1 Å². The second-order valence-corrected chi connectivity index (χ2v) is 10.6. The van der Waals surface area contributed by atoms with Gasteiger partial charge in [-0.05, 0) is 74.2 Å². The van der Waals surface area contributed by atoms with Crippen LogP contribution < -0.4 is 0 Å². The third-order valence-electron chi connectivity index (χ3n) is 9.85. The van der Waals surface area contributed by atoms with E-state index in [1.807, 2.05) is 6.08 Å². The molecule has 0 radical (unpaired) electrons. The molecule has 0 aromatic rings. The lowest BCUT2D eigenvalue weighted by atomic mass is 9.44. The molecule has 0 aromatic heterocycles. The standard InChI is InChI=1S/C24H32O5/c1-22-8-4-15(25)12-14(22)13-16(21(27)28-3)20-17(22)5-9-23(2)18(20)6-10-24(23)11-7-19(26)29-24/h12,16-18,20H,4-11,13H2,1-3H3/t16-,17+,18?,20?,22?,23?,24?/m1/s1. The number of rotatable bonds is 1. The van der Waals surface area contributed by atoms with Crippen molar-refractivity contribution in [1.29, 1.82) is 0 Å². The van der Waals surface area contributed by atoms with Crippen LogP contribution in [0.2, 0.25) is 0 Å². The van der Waals surface area contributed by atoms with Crippen molar-refractivity contribution in [3.63, 3.8) is 0 Å². The molecule has 5 unspecified atom stereocenters. The van der Waals surface area contributed by atoms with Gasteiger partial charge >= 0.3 is 11.9 Å². The number of carbonyl (C=O) groups excluding carboxylic acids is 3. The minimum absolute atomic E-state index is 0.00741. The van der Waals surface area contributed by atoms with Crippen LogP contribution in [0.15, 0.2) is 11.6 Å². The molecule has 1 heterocycles. The normalized spacial score (nSPS) is 48.4. The third kappa shape index (κ3) is 2.42. The van der Waals surface area contributed by atoms with Gasteiger partial charge in [0, 0.05) is 18.3 Å². The molecule has 4 fully saturated rings.